The molecule has 1 unspecified atom stereocenters. The molecule has 0 aromatic rings. The van der Waals surface area contributed by atoms with Gasteiger partial charge in [-0.1, -0.05) is 37.6 Å². The highest BCUT2D eigenvalue weighted by Gasteiger charge is 2.50. The first kappa shape index (κ1) is 21.6. The van der Waals surface area contributed by atoms with E-state index in [1.807, 2.05) is 40.7 Å². The summed E-state index contributed by atoms with van der Waals surface area (Å²) in [4.78, 5) is 15.1. The van der Waals surface area contributed by atoms with E-state index in [0.29, 0.717) is 0 Å². The van der Waals surface area contributed by atoms with Crippen molar-refractivity contribution in [3.05, 3.63) is 46.8 Å². The van der Waals surface area contributed by atoms with E-state index in [-0.39, 0.29) is 35.4 Å². The van der Waals surface area contributed by atoms with Crippen molar-refractivity contribution >= 4 is 12.1 Å². The van der Waals surface area contributed by atoms with Crippen LogP contribution in [0, 0.1) is 11.8 Å². The molecule has 1 saturated heterocycles. The van der Waals surface area contributed by atoms with Crippen LogP contribution in [-0.2, 0) is 14.3 Å². The predicted octanol–water partition coefficient (Wildman–Crippen LogP) is 2.37. The van der Waals surface area contributed by atoms with Gasteiger partial charge in [-0.25, -0.2) is 4.99 Å². The fraction of sp³-hybridized carbons (Fsp3) is 0.545. The summed E-state index contributed by atoms with van der Waals surface area (Å²) in [6.45, 7) is 9.69. The second-order valence-corrected chi connectivity index (χ2v) is 8.25. The van der Waals surface area contributed by atoms with Crippen LogP contribution in [0.2, 0.25) is 0 Å². The molecule has 7 heteroatoms. The molecule has 1 fully saturated rings. The summed E-state index contributed by atoms with van der Waals surface area (Å²) in [5.41, 5.74) is 1.60. The van der Waals surface area contributed by atoms with Gasteiger partial charge in [0, 0.05) is 11.8 Å². The number of rotatable bonds is 5. The van der Waals surface area contributed by atoms with E-state index < -0.39 is 23.9 Å². The van der Waals surface area contributed by atoms with Gasteiger partial charge in [0.1, 0.15) is 11.9 Å². The number of carbonyl (C=O) groups excluding carboxylic acids is 1. The van der Waals surface area contributed by atoms with Gasteiger partial charge in [-0.05, 0) is 32.4 Å². The molecule has 3 aliphatic rings. The molecular formula is C22H29NO6. The van der Waals surface area contributed by atoms with Crippen LogP contribution in [0.15, 0.2) is 51.8 Å². The van der Waals surface area contributed by atoms with Gasteiger partial charge in [0.25, 0.3) is 5.91 Å². The standard InChI is InChI=1S/C22H29NO6/c1-11(6-7-15(24)18-17(26)10-23-21(18)27)8-12(2)19-14(4)20-16(25)9-13(3)22(5,28-19)29-20/h6-10,12,14-16,19-20,24-26H,1-5H3/b7-6+,11-8+/t12-,14-,15?,16+,19-,20+,22+/m1/s1. The molecule has 7 atom stereocenters. The Labute approximate surface area is 170 Å². The van der Waals surface area contributed by atoms with E-state index in [1.54, 1.807) is 12.2 Å². The summed E-state index contributed by atoms with van der Waals surface area (Å²) in [5, 5.41) is 30.2. The first-order valence-corrected chi connectivity index (χ1v) is 9.82. The number of aliphatic imine (C=N–C) groups is 1. The highest BCUT2D eigenvalue weighted by atomic mass is 16.7. The average molecular weight is 403 g/mol. The maximum atomic E-state index is 11.6. The smallest absolute Gasteiger partial charge is 0.279 e. The zero-order valence-electron chi connectivity index (χ0n) is 17.4. The van der Waals surface area contributed by atoms with Crippen LogP contribution in [-0.4, -0.2) is 57.6 Å². The van der Waals surface area contributed by atoms with E-state index >= 15 is 0 Å². The molecule has 3 rings (SSSR count). The van der Waals surface area contributed by atoms with Crippen LogP contribution in [0.3, 0.4) is 0 Å². The van der Waals surface area contributed by atoms with Crippen LogP contribution in [0.25, 0.3) is 0 Å². The Morgan fingerprint density at radius 1 is 1.38 bits per heavy atom. The number of ether oxygens (including phenoxy) is 2. The van der Waals surface area contributed by atoms with E-state index in [2.05, 4.69) is 4.99 Å². The van der Waals surface area contributed by atoms with Crippen molar-refractivity contribution in [2.24, 2.45) is 16.8 Å². The van der Waals surface area contributed by atoms with Gasteiger partial charge in [0.15, 0.2) is 5.79 Å². The Hall–Kier alpha value is -2.06. The van der Waals surface area contributed by atoms with Crippen molar-refractivity contribution < 1.29 is 29.6 Å². The molecule has 3 heterocycles. The number of aliphatic hydroxyl groups excluding tert-OH is 3. The molecule has 29 heavy (non-hydrogen) atoms. The number of fused-ring (bicyclic) bond motifs is 2. The minimum atomic E-state index is -1.23. The molecule has 0 saturated carbocycles. The minimum absolute atomic E-state index is 0.0136. The van der Waals surface area contributed by atoms with Gasteiger partial charge in [0.2, 0.25) is 0 Å². The topological polar surface area (TPSA) is 109 Å². The fourth-order valence-electron chi connectivity index (χ4n) is 4.15. The molecular weight excluding hydrogens is 374 g/mol. The van der Waals surface area contributed by atoms with E-state index in [1.165, 1.54) is 6.08 Å². The summed E-state index contributed by atoms with van der Waals surface area (Å²) in [7, 11) is 0. The zero-order chi connectivity index (χ0) is 21.5. The first-order chi connectivity index (χ1) is 13.5. The highest BCUT2D eigenvalue weighted by molar-refractivity contribution is 6.10. The van der Waals surface area contributed by atoms with Gasteiger partial charge in [0.05, 0.1) is 30.1 Å². The summed E-state index contributed by atoms with van der Waals surface area (Å²) < 4.78 is 12.3. The summed E-state index contributed by atoms with van der Waals surface area (Å²) in [6, 6.07) is 0. The number of allylic oxidation sites excluding steroid dienone is 3. The number of hydrogen-bond acceptors (Lipinski definition) is 6. The Balaban J connectivity index is 1.72. The Kier molecular flexibility index (Phi) is 5.96. The van der Waals surface area contributed by atoms with Crippen molar-refractivity contribution in [2.45, 2.75) is 64.8 Å². The number of nitrogens with zero attached hydrogens (tertiary/aromatic N) is 1. The van der Waals surface area contributed by atoms with Crippen LogP contribution in [0.1, 0.15) is 34.6 Å². The molecule has 0 spiro atoms. The minimum Gasteiger partial charge on any atom is -0.506 e. The molecule has 0 radical (unpaired) electrons. The number of aliphatic hydroxyl groups is 3. The second-order valence-electron chi connectivity index (χ2n) is 8.25. The molecule has 1 amide bonds. The Morgan fingerprint density at radius 3 is 2.69 bits per heavy atom. The van der Waals surface area contributed by atoms with E-state index in [0.717, 1.165) is 17.4 Å². The monoisotopic (exact) mass is 403 g/mol. The molecule has 0 aromatic carbocycles. The summed E-state index contributed by atoms with van der Waals surface area (Å²) >= 11 is 0. The maximum Gasteiger partial charge on any atom is 0.279 e. The van der Waals surface area contributed by atoms with Gasteiger partial charge >= 0.3 is 0 Å². The molecule has 0 aliphatic carbocycles. The Morgan fingerprint density at radius 2 is 2.07 bits per heavy atom. The number of amides is 1. The third kappa shape index (κ3) is 4.14. The number of hydrogen-bond donors (Lipinski definition) is 3. The highest BCUT2D eigenvalue weighted by Crippen LogP contribution is 2.43. The lowest BCUT2D eigenvalue weighted by Crippen LogP contribution is -2.59. The summed E-state index contributed by atoms with van der Waals surface area (Å²) in [5.74, 6) is -1.81. The molecule has 3 aliphatic heterocycles. The summed E-state index contributed by atoms with van der Waals surface area (Å²) in [6.07, 6.45) is 5.59. The largest absolute Gasteiger partial charge is 0.506 e. The lowest BCUT2D eigenvalue weighted by molar-refractivity contribution is -0.331. The van der Waals surface area contributed by atoms with Gasteiger partial charge < -0.3 is 24.8 Å². The molecule has 3 N–H and O–H groups in total. The van der Waals surface area contributed by atoms with Crippen molar-refractivity contribution in [1.29, 1.82) is 0 Å². The fourth-order valence-corrected chi connectivity index (χ4v) is 4.15. The van der Waals surface area contributed by atoms with Crippen molar-refractivity contribution in [3.63, 3.8) is 0 Å². The average Bonchev–Trinajstić information content (AvgIpc) is 2.98. The SMILES string of the molecule is CC1=C[C@H](O)[C@H]2O[C@]1(C)O[C@H]([C@H](C)/C=C(C)/C=C/C(O)C1=C(O)C=NC1=O)[C@H]2C. The van der Waals surface area contributed by atoms with Crippen LogP contribution < -0.4 is 0 Å². The van der Waals surface area contributed by atoms with E-state index in [4.69, 9.17) is 9.47 Å². The van der Waals surface area contributed by atoms with Gasteiger partial charge in [-0.3, -0.25) is 4.79 Å². The Bertz CT molecular complexity index is 838. The normalized spacial score (nSPS) is 37.3. The third-order valence-corrected chi connectivity index (χ3v) is 5.92. The quantitative estimate of drug-likeness (QED) is 0.480. The van der Waals surface area contributed by atoms with E-state index in [9.17, 15) is 20.1 Å². The maximum absolute atomic E-state index is 11.6. The van der Waals surface area contributed by atoms with Gasteiger partial charge in [-0.15, -0.1) is 0 Å². The molecule has 158 valence electrons. The molecule has 7 nitrogen and oxygen atoms in total. The molecule has 2 bridgehead atoms. The van der Waals surface area contributed by atoms with Crippen LogP contribution >= 0.6 is 0 Å². The van der Waals surface area contributed by atoms with Crippen molar-refractivity contribution in [1.82, 2.24) is 0 Å². The van der Waals surface area contributed by atoms with Gasteiger partial charge in [-0.2, -0.15) is 0 Å². The van der Waals surface area contributed by atoms with Crippen LogP contribution in [0.5, 0.6) is 0 Å². The first-order valence-electron chi connectivity index (χ1n) is 9.82. The van der Waals surface area contributed by atoms with Crippen molar-refractivity contribution in [3.8, 4) is 0 Å². The number of carbonyl (C=O) groups is 1. The van der Waals surface area contributed by atoms with Crippen molar-refractivity contribution in [2.75, 3.05) is 0 Å². The molecule has 0 aromatic heterocycles. The second kappa shape index (κ2) is 7.99. The predicted molar refractivity (Wildman–Crippen MR) is 108 cm³/mol. The van der Waals surface area contributed by atoms with Crippen LogP contribution in [0.4, 0.5) is 0 Å². The lowest BCUT2D eigenvalue weighted by atomic mass is 9.81. The zero-order valence-corrected chi connectivity index (χ0v) is 17.4. The third-order valence-electron chi connectivity index (χ3n) is 5.92. The lowest BCUT2D eigenvalue weighted by Gasteiger charge is -2.52.